The van der Waals surface area contributed by atoms with Gasteiger partial charge in [0, 0.05) is 18.8 Å². The molecule has 0 unspecified atom stereocenters. The Morgan fingerprint density at radius 1 is 1.38 bits per heavy atom. The second-order valence-corrected chi connectivity index (χ2v) is 3.99. The first-order valence-electron chi connectivity index (χ1n) is 5.44. The van der Waals surface area contributed by atoms with E-state index >= 15 is 0 Å². The molecule has 0 amide bonds. The van der Waals surface area contributed by atoms with Gasteiger partial charge in [0.1, 0.15) is 0 Å². The zero-order chi connectivity index (χ0) is 12.0. The lowest BCUT2D eigenvalue weighted by atomic mass is 10.3. The van der Waals surface area contributed by atoms with Gasteiger partial charge in [-0.05, 0) is 33.5 Å². The SMILES string of the molecule is Cc1cc(CN)nc(OCCCN(C)C)n1. The van der Waals surface area contributed by atoms with E-state index < -0.39 is 0 Å². The van der Waals surface area contributed by atoms with Gasteiger partial charge in [0.15, 0.2) is 0 Å². The quantitative estimate of drug-likeness (QED) is 0.716. The highest BCUT2D eigenvalue weighted by Gasteiger charge is 2.02. The first-order chi connectivity index (χ1) is 7.61. The molecule has 0 aliphatic heterocycles. The summed E-state index contributed by atoms with van der Waals surface area (Å²) < 4.78 is 5.48. The second-order valence-electron chi connectivity index (χ2n) is 3.99. The van der Waals surface area contributed by atoms with Crippen LogP contribution in [-0.4, -0.2) is 42.1 Å². The topological polar surface area (TPSA) is 64.3 Å². The summed E-state index contributed by atoms with van der Waals surface area (Å²) in [6.45, 7) is 3.95. The first-order valence-corrected chi connectivity index (χ1v) is 5.44. The predicted molar refractivity (Wildman–Crippen MR) is 63.3 cm³/mol. The van der Waals surface area contributed by atoms with E-state index in [1.54, 1.807) is 0 Å². The Kier molecular flexibility index (Phi) is 5.14. The molecule has 0 spiro atoms. The summed E-state index contributed by atoms with van der Waals surface area (Å²) in [6.07, 6.45) is 0.961. The van der Waals surface area contributed by atoms with E-state index in [1.807, 2.05) is 27.1 Å². The Bertz CT molecular complexity index is 328. The summed E-state index contributed by atoms with van der Waals surface area (Å²) in [5.41, 5.74) is 7.23. The fourth-order valence-corrected chi connectivity index (χ4v) is 1.32. The molecule has 0 aliphatic carbocycles. The van der Waals surface area contributed by atoms with Gasteiger partial charge in [-0.15, -0.1) is 0 Å². The molecule has 5 heteroatoms. The number of hydrogen-bond donors (Lipinski definition) is 1. The van der Waals surface area contributed by atoms with E-state index in [-0.39, 0.29) is 0 Å². The molecule has 0 saturated heterocycles. The number of aromatic nitrogens is 2. The van der Waals surface area contributed by atoms with E-state index in [1.165, 1.54) is 0 Å². The number of ether oxygens (including phenoxy) is 1. The van der Waals surface area contributed by atoms with Gasteiger partial charge in [0.05, 0.1) is 12.3 Å². The van der Waals surface area contributed by atoms with Gasteiger partial charge in [-0.3, -0.25) is 0 Å². The number of nitrogens with two attached hydrogens (primary N) is 1. The summed E-state index contributed by atoms with van der Waals surface area (Å²) in [5.74, 6) is 0. The number of nitrogens with zero attached hydrogens (tertiary/aromatic N) is 3. The molecule has 90 valence electrons. The third-order valence-electron chi connectivity index (χ3n) is 2.08. The highest BCUT2D eigenvalue weighted by Crippen LogP contribution is 2.06. The Morgan fingerprint density at radius 3 is 2.75 bits per heavy atom. The molecule has 0 bridgehead atoms. The van der Waals surface area contributed by atoms with Crippen LogP contribution in [0.5, 0.6) is 6.01 Å². The van der Waals surface area contributed by atoms with Crippen LogP contribution in [0.15, 0.2) is 6.07 Å². The van der Waals surface area contributed by atoms with Crippen molar-refractivity contribution in [2.75, 3.05) is 27.2 Å². The lowest BCUT2D eigenvalue weighted by Gasteiger charge is -2.10. The van der Waals surface area contributed by atoms with Crippen molar-refractivity contribution in [2.24, 2.45) is 5.73 Å². The van der Waals surface area contributed by atoms with Gasteiger partial charge in [-0.2, -0.15) is 4.98 Å². The Balaban J connectivity index is 2.44. The van der Waals surface area contributed by atoms with E-state index in [4.69, 9.17) is 10.5 Å². The highest BCUT2D eigenvalue weighted by molar-refractivity contribution is 5.12. The Labute approximate surface area is 96.6 Å². The van der Waals surface area contributed by atoms with Gasteiger partial charge in [0.2, 0.25) is 0 Å². The summed E-state index contributed by atoms with van der Waals surface area (Å²) in [6, 6.07) is 2.30. The molecule has 0 aromatic carbocycles. The van der Waals surface area contributed by atoms with Gasteiger partial charge >= 0.3 is 6.01 Å². The monoisotopic (exact) mass is 224 g/mol. The lowest BCUT2D eigenvalue weighted by Crippen LogP contribution is -2.16. The van der Waals surface area contributed by atoms with Crippen LogP contribution in [0.4, 0.5) is 0 Å². The van der Waals surface area contributed by atoms with Crippen molar-refractivity contribution < 1.29 is 4.74 Å². The summed E-state index contributed by atoms with van der Waals surface area (Å²) in [5, 5.41) is 0. The normalized spacial score (nSPS) is 10.8. The minimum Gasteiger partial charge on any atom is -0.463 e. The predicted octanol–water partition coefficient (Wildman–Crippen LogP) is 0.574. The van der Waals surface area contributed by atoms with E-state index in [0.29, 0.717) is 19.2 Å². The van der Waals surface area contributed by atoms with Crippen molar-refractivity contribution in [3.8, 4) is 6.01 Å². The highest BCUT2D eigenvalue weighted by atomic mass is 16.5. The maximum absolute atomic E-state index is 5.53. The van der Waals surface area contributed by atoms with Crippen molar-refractivity contribution >= 4 is 0 Å². The van der Waals surface area contributed by atoms with Crippen LogP contribution in [0.1, 0.15) is 17.8 Å². The standard InChI is InChI=1S/C11H20N4O/c1-9-7-10(8-12)14-11(13-9)16-6-4-5-15(2)3/h7H,4-6,8,12H2,1-3H3. The van der Waals surface area contributed by atoms with Crippen LogP contribution in [0, 0.1) is 6.92 Å². The average molecular weight is 224 g/mol. The first kappa shape index (κ1) is 12.9. The molecular formula is C11H20N4O. The third kappa shape index (κ3) is 4.55. The van der Waals surface area contributed by atoms with Gasteiger partial charge in [-0.25, -0.2) is 4.98 Å². The zero-order valence-corrected chi connectivity index (χ0v) is 10.2. The Hall–Kier alpha value is -1.20. The van der Waals surface area contributed by atoms with Crippen LogP contribution >= 0.6 is 0 Å². The molecule has 0 fully saturated rings. The largest absolute Gasteiger partial charge is 0.463 e. The average Bonchev–Trinajstić information content (AvgIpc) is 2.23. The van der Waals surface area contributed by atoms with Crippen molar-refractivity contribution in [3.05, 3.63) is 17.5 Å². The molecular weight excluding hydrogens is 204 g/mol. The molecule has 0 aliphatic rings. The van der Waals surface area contributed by atoms with Crippen LogP contribution in [0.25, 0.3) is 0 Å². The van der Waals surface area contributed by atoms with E-state index in [0.717, 1.165) is 24.4 Å². The summed E-state index contributed by atoms with van der Waals surface area (Å²) >= 11 is 0. The van der Waals surface area contributed by atoms with Crippen molar-refractivity contribution in [2.45, 2.75) is 19.9 Å². The van der Waals surface area contributed by atoms with E-state index in [2.05, 4.69) is 14.9 Å². The minimum atomic E-state index is 0.414. The van der Waals surface area contributed by atoms with Crippen molar-refractivity contribution in [1.82, 2.24) is 14.9 Å². The van der Waals surface area contributed by atoms with Crippen LogP contribution in [-0.2, 0) is 6.54 Å². The fourth-order valence-electron chi connectivity index (χ4n) is 1.32. The molecule has 5 nitrogen and oxygen atoms in total. The second kappa shape index (κ2) is 6.40. The van der Waals surface area contributed by atoms with Crippen molar-refractivity contribution in [1.29, 1.82) is 0 Å². The molecule has 16 heavy (non-hydrogen) atoms. The molecule has 0 radical (unpaired) electrons. The number of rotatable bonds is 6. The molecule has 1 aromatic rings. The maximum atomic E-state index is 5.53. The fraction of sp³-hybridized carbons (Fsp3) is 0.636. The molecule has 2 N–H and O–H groups in total. The summed E-state index contributed by atoms with van der Waals surface area (Å²) in [7, 11) is 4.07. The van der Waals surface area contributed by atoms with Gasteiger partial charge in [-0.1, -0.05) is 0 Å². The minimum absolute atomic E-state index is 0.414. The molecule has 1 heterocycles. The summed E-state index contributed by atoms with van der Waals surface area (Å²) in [4.78, 5) is 10.5. The molecule has 0 saturated carbocycles. The van der Waals surface area contributed by atoms with Crippen LogP contribution in [0.3, 0.4) is 0 Å². The van der Waals surface area contributed by atoms with Gasteiger partial charge in [0.25, 0.3) is 0 Å². The smallest absolute Gasteiger partial charge is 0.316 e. The number of hydrogen-bond acceptors (Lipinski definition) is 5. The van der Waals surface area contributed by atoms with Crippen LogP contribution in [0.2, 0.25) is 0 Å². The number of aryl methyl sites for hydroxylation is 1. The lowest BCUT2D eigenvalue weighted by molar-refractivity contribution is 0.262. The van der Waals surface area contributed by atoms with Crippen LogP contribution < -0.4 is 10.5 Å². The van der Waals surface area contributed by atoms with Crippen molar-refractivity contribution in [3.63, 3.8) is 0 Å². The molecule has 1 aromatic heterocycles. The molecule has 1 rings (SSSR count). The van der Waals surface area contributed by atoms with Gasteiger partial charge < -0.3 is 15.4 Å². The molecule has 0 atom stereocenters. The third-order valence-corrected chi connectivity index (χ3v) is 2.08. The Morgan fingerprint density at radius 2 is 2.12 bits per heavy atom. The maximum Gasteiger partial charge on any atom is 0.316 e. The van der Waals surface area contributed by atoms with E-state index in [9.17, 15) is 0 Å². The zero-order valence-electron chi connectivity index (χ0n) is 10.2.